The zero-order chi connectivity index (χ0) is 14.3. The minimum Gasteiger partial charge on any atom is -0.448 e. The number of hydrogen-bond acceptors (Lipinski definition) is 5. The maximum atomic E-state index is 11.7. The Balaban J connectivity index is 2.37. The standard InChI is InChI=1S/C13H20N2O3S/c1-3-4-5-7-15-12(16)9(2)18-13(17)11-10(14)6-8-19-11/h6,8-9H,3-5,7,14H2,1-2H3,(H,15,16). The van der Waals surface area contributed by atoms with Gasteiger partial charge in [-0.25, -0.2) is 4.79 Å². The first kappa shape index (κ1) is 15.5. The maximum absolute atomic E-state index is 11.7. The third-order valence-electron chi connectivity index (χ3n) is 2.61. The molecule has 1 aromatic rings. The molecule has 6 heteroatoms. The molecule has 1 atom stereocenters. The second-order valence-electron chi connectivity index (χ2n) is 4.25. The molecule has 106 valence electrons. The number of esters is 1. The number of thiophene rings is 1. The van der Waals surface area contributed by atoms with Crippen LogP contribution in [0.15, 0.2) is 11.4 Å². The number of carbonyl (C=O) groups excluding carboxylic acids is 2. The number of unbranched alkanes of at least 4 members (excludes halogenated alkanes) is 2. The smallest absolute Gasteiger partial charge is 0.351 e. The van der Waals surface area contributed by atoms with Crippen LogP contribution in [-0.4, -0.2) is 24.5 Å². The van der Waals surface area contributed by atoms with Crippen molar-refractivity contribution in [2.24, 2.45) is 0 Å². The van der Waals surface area contributed by atoms with E-state index in [4.69, 9.17) is 10.5 Å². The van der Waals surface area contributed by atoms with E-state index in [0.29, 0.717) is 17.1 Å². The number of ether oxygens (including phenoxy) is 1. The van der Waals surface area contributed by atoms with Gasteiger partial charge in [0.1, 0.15) is 4.88 Å². The molecule has 0 radical (unpaired) electrons. The van der Waals surface area contributed by atoms with Crippen LogP contribution in [0.5, 0.6) is 0 Å². The van der Waals surface area contributed by atoms with Crippen LogP contribution in [0.25, 0.3) is 0 Å². The van der Waals surface area contributed by atoms with Gasteiger partial charge in [0.15, 0.2) is 6.10 Å². The minimum atomic E-state index is -0.810. The predicted octanol–water partition coefficient (Wildman–Crippen LogP) is 2.18. The van der Waals surface area contributed by atoms with Gasteiger partial charge in [-0.3, -0.25) is 4.79 Å². The van der Waals surface area contributed by atoms with Crippen molar-refractivity contribution in [2.75, 3.05) is 12.3 Å². The van der Waals surface area contributed by atoms with Crippen molar-refractivity contribution in [3.05, 3.63) is 16.3 Å². The Morgan fingerprint density at radius 3 is 2.79 bits per heavy atom. The van der Waals surface area contributed by atoms with Crippen LogP contribution in [0.2, 0.25) is 0 Å². The second kappa shape index (κ2) is 7.78. The van der Waals surface area contributed by atoms with E-state index in [0.717, 1.165) is 19.3 Å². The zero-order valence-electron chi connectivity index (χ0n) is 11.3. The normalized spacial score (nSPS) is 11.9. The Labute approximate surface area is 117 Å². The number of amides is 1. The number of nitrogen functional groups attached to an aromatic ring is 1. The van der Waals surface area contributed by atoms with Crippen LogP contribution in [-0.2, 0) is 9.53 Å². The van der Waals surface area contributed by atoms with Crippen LogP contribution < -0.4 is 11.1 Å². The molecule has 0 bridgehead atoms. The largest absolute Gasteiger partial charge is 0.448 e. The Bertz CT molecular complexity index is 431. The Morgan fingerprint density at radius 2 is 2.21 bits per heavy atom. The summed E-state index contributed by atoms with van der Waals surface area (Å²) in [5.74, 6) is -0.830. The van der Waals surface area contributed by atoms with Crippen molar-refractivity contribution >= 4 is 28.9 Å². The van der Waals surface area contributed by atoms with Crippen molar-refractivity contribution in [3.8, 4) is 0 Å². The van der Waals surface area contributed by atoms with Gasteiger partial charge in [0, 0.05) is 6.54 Å². The predicted molar refractivity (Wildman–Crippen MR) is 76.1 cm³/mol. The quantitative estimate of drug-likeness (QED) is 0.594. The number of hydrogen-bond donors (Lipinski definition) is 2. The second-order valence-corrected chi connectivity index (χ2v) is 5.17. The Kier molecular flexibility index (Phi) is 6.35. The molecular weight excluding hydrogens is 264 g/mol. The van der Waals surface area contributed by atoms with E-state index < -0.39 is 12.1 Å². The molecule has 0 saturated heterocycles. The maximum Gasteiger partial charge on any atom is 0.351 e. The number of nitrogens with one attached hydrogen (secondary N) is 1. The highest BCUT2D eigenvalue weighted by Gasteiger charge is 2.20. The van der Waals surface area contributed by atoms with Gasteiger partial charge in [-0.15, -0.1) is 11.3 Å². The van der Waals surface area contributed by atoms with E-state index in [1.165, 1.54) is 11.3 Å². The van der Waals surface area contributed by atoms with Gasteiger partial charge in [-0.2, -0.15) is 0 Å². The summed E-state index contributed by atoms with van der Waals surface area (Å²) >= 11 is 1.20. The first-order valence-electron chi connectivity index (χ1n) is 6.38. The van der Waals surface area contributed by atoms with Crippen LogP contribution >= 0.6 is 11.3 Å². The fraction of sp³-hybridized carbons (Fsp3) is 0.538. The van der Waals surface area contributed by atoms with Crippen molar-refractivity contribution in [1.29, 1.82) is 0 Å². The number of carbonyl (C=O) groups is 2. The summed E-state index contributed by atoms with van der Waals surface area (Å²) in [7, 11) is 0. The highest BCUT2D eigenvalue weighted by atomic mass is 32.1. The molecule has 1 aromatic heterocycles. The van der Waals surface area contributed by atoms with E-state index in [9.17, 15) is 9.59 Å². The van der Waals surface area contributed by atoms with Gasteiger partial charge in [0.05, 0.1) is 5.69 Å². The molecule has 0 fully saturated rings. The minimum absolute atomic E-state index is 0.278. The molecular formula is C13H20N2O3S. The first-order valence-corrected chi connectivity index (χ1v) is 7.25. The highest BCUT2D eigenvalue weighted by Crippen LogP contribution is 2.20. The SMILES string of the molecule is CCCCCNC(=O)C(C)OC(=O)c1sccc1N. The van der Waals surface area contributed by atoms with Crippen molar-refractivity contribution < 1.29 is 14.3 Å². The number of nitrogens with two attached hydrogens (primary N) is 1. The van der Waals surface area contributed by atoms with E-state index in [1.54, 1.807) is 18.4 Å². The summed E-state index contributed by atoms with van der Waals surface area (Å²) in [5, 5.41) is 4.45. The summed E-state index contributed by atoms with van der Waals surface area (Å²) in [6.45, 7) is 4.25. The molecule has 0 aliphatic rings. The van der Waals surface area contributed by atoms with Crippen molar-refractivity contribution in [3.63, 3.8) is 0 Å². The third-order valence-corrected chi connectivity index (χ3v) is 3.52. The summed E-state index contributed by atoms with van der Waals surface area (Å²) in [4.78, 5) is 23.8. The van der Waals surface area contributed by atoms with E-state index in [1.807, 2.05) is 0 Å². The van der Waals surface area contributed by atoms with Gasteiger partial charge < -0.3 is 15.8 Å². The lowest BCUT2D eigenvalue weighted by Crippen LogP contribution is -2.36. The molecule has 1 unspecified atom stereocenters. The average molecular weight is 284 g/mol. The van der Waals surface area contributed by atoms with Crippen molar-refractivity contribution in [1.82, 2.24) is 5.32 Å². The molecule has 19 heavy (non-hydrogen) atoms. The van der Waals surface area contributed by atoms with Crippen LogP contribution in [0.3, 0.4) is 0 Å². The van der Waals surface area contributed by atoms with E-state index in [2.05, 4.69) is 12.2 Å². The molecule has 3 N–H and O–H groups in total. The summed E-state index contributed by atoms with van der Waals surface area (Å²) in [6.07, 6.45) is 2.29. The van der Waals surface area contributed by atoms with Gasteiger partial charge in [0.2, 0.25) is 0 Å². The summed E-state index contributed by atoms with van der Waals surface area (Å²) in [5.41, 5.74) is 6.00. The van der Waals surface area contributed by atoms with Gasteiger partial charge in [-0.1, -0.05) is 19.8 Å². The molecule has 0 aliphatic carbocycles. The monoisotopic (exact) mass is 284 g/mol. The molecule has 5 nitrogen and oxygen atoms in total. The molecule has 0 aromatic carbocycles. The highest BCUT2D eigenvalue weighted by molar-refractivity contribution is 7.12. The summed E-state index contributed by atoms with van der Waals surface area (Å²) < 4.78 is 5.07. The summed E-state index contributed by atoms with van der Waals surface area (Å²) in [6, 6.07) is 1.64. The first-order chi connectivity index (χ1) is 9.06. The average Bonchev–Trinajstić information content (AvgIpc) is 2.80. The van der Waals surface area contributed by atoms with E-state index in [-0.39, 0.29) is 5.91 Å². The fourth-order valence-corrected chi connectivity index (χ4v) is 2.18. The zero-order valence-corrected chi connectivity index (χ0v) is 12.1. The fourth-order valence-electron chi connectivity index (χ4n) is 1.48. The van der Waals surface area contributed by atoms with E-state index >= 15 is 0 Å². The van der Waals surface area contributed by atoms with Gasteiger partial charge in [0.25, 0.3) is 5.91 Å². The molecule has 0 saturated carbocycles. The lowest BCUT2D eigenvalue weighted by molar-refractivity contribution is -0.129. The molecule has 1 amide bonds. The lowest BCUT2D eigenvalue weighted by Gasteiger charge is -2.13. The Hall–Kier alpha value is -1.56. The molecule has 0 spiro atoms. The van der Waals surface area contributed by atoms with Crippen LogP contribution in [0.1, 0.15) is 42.8 Å². The molecule has 0 aliphatic heterocycles. The number of rotatable bonds is 7. The van der Waals surface area contributed by atoms with Crippen molar-refractivity contribution in [2.45, 2.75) is 39.2 Å². The van der Waals surface area contributed by atoms with Crippen LogP contribution in [0, 0.1) is 0 Å². The Morgan fingerprint density at radius 1 is 1.47 bits per heavy atom. The van der Waals surface area contributed by atoms with Gasteiger partial charge in [-0.05, 0) is 24.8 Å². The third kappa shape index (κ3) is 4.90. The topological polar surface area (TPSA) is 81.4 Å². The van der Waals surface area contributed by atoms with Crippen LogP contribution in [0.4, 0.5) is 5.69 Å². The number of anilines is 1. The van der Waals surface area contributed by atoms with Gasteiger partial charge >= 0.3 is 5.97 Å². The molecule has 1 rings (SSSR count). The lowest BCUT2D eigenvalue weighted by atomic mass is 10.2. The molecule has 1 heterocycles.